The number of nitrogens with two attached hydrogens (primary N) is 1. The number of hydrogen-bond donors (Lipinski definition) is 1. The lowest BCUT2D eigenvalue weighted by Gasteiger charge is -2.08. The minimum atomic E-state index is 0.583. The molecule has 0 saturated carbocycles. The van der Waals surface area contributed by atoms with E-state index in [0.29, 0.717) is 6.54 Å². The van der Waals surface area contributed by atoms with Gasteiger partial charge in [-0.2, -0.15) is 0 Å². The fourth-order valence-corrected chi connectivity index (χ4v) is 2.78. The number of aromatic nitrogens is 2. The first-order chi connectivity index (χ1) is 10.3. The molecule has 0 aliphatic rings. The van der Waals surface area contributed by atoms with Crippen LogP contribution in [0.2, 0.25) is 0 Å². The molecule has 0 aliphatic carbocycles. The van der Waals surface area contributed by atoms with Crippen molar-refractivity contribution in [2.24, 2.45) is 5.73 Å². The Kier molecular flexibility index (Phi) is 4.02. The summed E-state index contributed by atoms with van der Waals surface area (Å²) in [5.41, 5.74) is 10.5. The van der Waals surface area contributed by atoms with Crippen LogP contribution in [0.5, 0.6) is 0 Å². The highest BCUT2D eigenvalue weighted by Gasteiger charge is 2.10. The van der Waals surface area contributed by atoms with E-state index in [1.54, 1.807) is 0 Å². The molecular weight excluding hydrogens is 258 g/mol. The first-order valence-electron chi connectivity index (χ1n) is 7.54. The van der Waals surface area contributed by atoms with Crippen molar-refractivity contribution in [3.8, 4) is 0 Å². The minimum Gasteiger partial charge on any atom is -0.328 e. The van der Waals surface area contributed by atoms with Crippen LogP contribution in [-0.4, -0.2) is 9.55 Å². The van der Waals surface area contributed by atoms with Crippen molar-refractivity contribution in [2.75, 3.05) is 0 Å². The van der Waals surface area contributed by atoms with Gasteiger partial charge in [0.1, 0.15) is 5.82 Å². The van der Waals surface area contributed by atoms with E-state index >= 15 is 0 Å². The Hall–Kier alpha value is -2.13. The molecule has 0 spiro atoms. The molecule has 0 fully saturated rings. The standard InChI is InChI=1S/C18H21N3/c1-2-10-21-17-9-4-3-8-16(17)20-18(21)12-14-6-5-7-15(11-14)13-19/h3-9,11H,2,10,12-13,19H2,1H3. The summed E-state index contributed by atoms with van der Waals surface area (Å²) in [6.07, 6.45) is 1.96. The second kappa shape index (κ2) is 6.10. The fourth-order valence-electron chi connectivity index (χ4n) is 2.78. The molecule has 0 bridgehead atoms. The third-order valence-corrected chi connectivity index (χ3v) is 3.77. The zero-order valence-corrected chi connectivity index (χ0v) is 12.4. The maximum atomic E-state index is 5.73. The van der Waals surface area contributed by atoms with E-state index in [9.17, 15) is 0 Å². The molecule has 3 rings (SSSR count). The average Bonchev–Trinajstić information content (AvgIpc) is 2.86. The van der Waals surface area contributed by atoms with Crippen LogP contribution in [-0.2, 0) is 19.5 Å². The third-order valence-electron chi connectivity index (χ3n) is 3.77. The molecule has 2 aromatic carbocycles. The van der Waals surface area contributed by atoms with E-state index in [-0.39, 0.29) is 0 Å². The second-order valence-electron chi connectivity index (χ2n) is 5.37. The first-order valence-corrected chi connectivity index (χ1v) is 7.54. The Labute approximate surface area is 125 Å². The predicted octanol–water partition coefficient (Wildman–Crippen LogP) is 3.50. The lowest BCUT2D eigenvalue weighted by atomic mass is 10.1. The average molecular weight is 279 g/mol. The summed E-state index contributed by atoms with van der Waals surface area (Å²) in [6.45, 7) is 3.79. The van der Waals surface area contributed by atoms with Gasteiger partial charge in [-0.25, -0.2) is 4.98 Å². The van der Waals surface area contributed by atoms with Crippen molar-refractivity contribution in [1.29, 1.82) is 0 Å². The largest absolute Gasteiger partial charge is 0.328 e. The van der Waals surface area contributed by atoms with E-state index in [4.69, 9.17) is 10.7 Å². The Morgan fingerprint density at radius 3 is 2.67 bits per heavy atom. The smallest absolute Gasteiger partial charge is 0.114 e. The number of benzene rings is 2. The van der Waals surface area contributed by atoms with Crippen LogP contribution in [0.4, 0.5) is 0 Å². The molecule has 1 heterocycles. The number of imidazole rings is 1. The molecule has 21 heavy (non-hydrogen) atoms. The maximum absolute atomic E-state index is 5.73. The van der Waals surface area contributed by atoms with E-state index in [1.807, 2.05) is 6.07 Å². The summed E-state index contributed by atoms with van der Waals surface area (Å²) in [6, 6.07) is 16.8. The molecule has 1 aromatic heterocycles. The van der Waals surface area contributed by atoms with E-state index in [2.05, 4.69) is 54.0 Å². The van der Waals surface area contributed by atoms with Crippen LogP contribution in [0, 0.1) is 0 Å². The van der Waals surface area contributed by atoms with E-state index in [1.165, 1.54) is 16.6 Å². The van der Waals surface area contributed by atoms with Crippen molar-refractivity contribution in [2.45, 2.75) is 32.9 Å². The number of rotatable bonds is 5. The van der Waals surface area contributed by atoms with Gasteiger partial charge in [0.25, 0.3) is 0 Å². The van der Waals surface area contributed by atoms with Crippen molar-refractivity contribution in [3.05, 3.63) is 65.5 Å². The van der Waals surface area contributed by atoms with Gasteiger partial charge in [-0.05, 0) is 29.7 Å². The highest BCUT2D eigenvalue weighted by molar-refractivity contribution is 5.76. The number of hydrogen-bond acceptors (Lipinski definition) is 2. The van der Waals surface area contributed by atoms with Crippen molar-refractivity contribution >= 4 is 11.0 Å². The molecule has 3 heteroatoms. The Bertz CT molecular complexity index is 743. The summed E-state index contributed by atoms with van der Waals surface area (Å²) < 4.78 is 2.34. The van der Waals surface area contributed by atoms with Gasteiger partial charge in [0.05, 0.1) is 11.0 Å². The monoisotopic (exact) mass is 279 g/mol. The molecule has 3 aromatic rings. The van der Waals surface area contributed by atoms with Crippen LogP contribution in [0.3, 0.4) is 0 Å². The highest BCUT2D eigenvalue weighted by Crippen LogP contribution is 2.19. The normalized spacial score (nSPS) is 11.1. The zero-order valence-electron chi connectivity index (χ0n) is 12.4. The molecule has 0 saturated heterocycles. The minimum absolute atomic E-state index is 0.583. The van der Waals surface area contributed by atoms with Gasteiger partial charge in [0, 0.05) is 19.5 Å². The number of nitrogens with zero attached hydrogens (tertiary/aromatic N) is 2. The third kappa shape index (κ3) is 2.83. The first kappa shape index (κ1) is 13.8. The summed E-state index contributed by atoms with van der Waals surface area (Å²) in [5.74, 6) is 1.13. The van der Waals surface area contributed by atoms with Crippen molar-refractivity contribution in [1.82, 2.24) is 9.55 Å². The van der Waals surface area contributed by atoms with E-state index in [0.717, 1.165) is 30.7 Å². The molecule has 0 atom stereocenters. The fraction of sp³-hybridized carbons (Fsp3) is 0.278. The van der Waals surface area contributed by atoms with Crippen LogP contribution < -0.4 is 5.73 Å². The second-order valence-corrected chi connectivity index (χ2v) is 5.37. The van der Waals surface area contributed by atoms with Gasteiger partial charge in [-0.3, -0.25) is 0 Å². The number of aryl methyl sites for hydroxylation is 1. The topological polar surface area (TPSA) is 43.8 Å². The van der Waals surface area contributed by atoms with Gasteiger partial charge in [-0.1, -0.05) is 43.3 Å². The van der Waals surface area contributed by atoms with Crippen LogP contribution in [0.1, 0.15) is 30.3 Å². The van der Waals surface area contributed by atoms with Crippen LogP contribution in [0.25, 0.3) is 11.0 Å². The lowest BCUT2D eigenvalue weighted by molar-refractivity contribution is 0.664. The lowest BCUT2D eigenvalue weighted by Crippen LogP contribution is -2.05. The number of para-hydroxylation sites is 2. The molecular formula is C18H21N3. The van der Waals surface area contributed by atoms with Gasteiger partial charge in [0.2, 0.25) is 0 Å². The summed E-state index contributed by atoms with van der Waals surface area (Å²) in [5, 5.41) is 0. The Morgan fingerprint density at radius 2 is 1.86 bits per heavy atom. The molecule has 0 radical (unpaired) electrons. The SMILES string of the molecule is CCCn1c(Cc2cccc(CN)c2)nc2ccccc21. The molecule has 108 valence electrons. The van der Waals surface area contributed by atoms with Gasteiger partial charge in [-0.15, -0.1) is 0 Å². The molecule has 0 unspecified atom stereocenters. The molecule has 0 aliphatic heterocycles. The number of fused-ring (bicyclic) bond motifs is 1. The summed E-state index contributed by atoms with van der Waals surface area (Å²) >= 11 is 0. The van der Waals surface area contributed by atoms with E-state index < -0.39 is 0 Å². The zero-order chi connectivity index (χ0) is 14.7. The quantitative estimate of drug-likeness (QED) is 0.777. The highest BCUT2D eigenvalue weighted by atomic mass is 15.1. The van der Waals surface area contributed by atoms with Crippen LogP contribution >= 0.6 is 0 Å². The van der Waals surface area contributed by atoms with Crippen molar-refractivity contribution in [3.63, 3.8) is 0 Å². The van der Waals surface area contributed by atoms with Gasteiger partial charge in [0.15, 0.2) is 0 Å². The predicted molar refractivity (Wildman–Crippen MR) is 87.2 cm³/mol. The summed E-state index contributed by atoms with van der Waals surface area (Å²) in [4.78, 5) is 4.81. The summed E-state index contributed by atoms with van der Waals surface area (Å²) in [7, 11) is 0. The van der Waals surface area contributed by atoms with Gasteiger partial charge < -0.3 is 10.3 Å². The Morgan fingerprint density at radius 1 is 1.05 bits per heavy atom. The van der Waals surface area contributed by atoms with Crippen LogP contribution in [0.15, 0.2) is 48.5 Å². The van der Waals surface area contributed by atoms with Crippen molar-refractivity contribution < 1.29 is 0 Å². The molecule has 3 nitrogen and oxygen atoms in total. The molecule has 0 amide bonds. The Balaban J connectivity index is 2.00. The van der Waals surface area contributed by atoms with Gasteiger partial charge >= 0.3 is 0 Å². The maximum Gasteiger partial charge on any atom is 0.114 e. The molecule has 2 N–H and O–H groups in total.